The Kier molecular flexibility index (Phi) is 6.29. The molecule has 0 saturated heterocycles. The highest BCUT2D eigenvalue weighted by atomic mass is 16.6. The second-order valence-corrected chi connectivity index (χ2v) is 9.14. The van der Waals surface area contributed by atoms with Crippen LogP contribution in [0.3, 0.4) is 0 Å². The van der Waals surface area contributed by atoms with Gasteiger partial charge in [0.1, 0.15) is 11.3 Å². The number of carbonyl (C=O) groups excluding carboxylic acids is 1. The molecule has 0 aliphatic heterocycles. The molecule has 3 aromatic heterocycles. The summed E-state index contributed by atoms with van der Waals surface area (Å²) in [6, 6.07) is 25.9. The van der Waals surface area contributed by atoms with E-state index in [1.54, 1.807) is 36.5 Å². The van der Waals surface area contributed by atoms with E-state index in [2.05, 4.69) is 25.6 Å². The molecule has 6 aromatic rings. The molecule has 11 nitrogen and oxygen atoms in total. The van der Waals surface area contributed by atoms with Crippen LogP contribution in [0, 0.1) is 0 Å². The van der Waals surface area contributed by atoms with Gasteiger partial charge in [-0.15, -0.1) is 0 Å². The van der Waals surface area contributed by atoms with Crippen molar-refractivity contribution in [2.24, 2.45) is 0 Å². The van der Waals surface area contributed by atoms with Gasteiger partial charge in [-0.05, 0) is 64.9 Å². The molecule has 0 unspecified atom stereocenters. The van der Waals surface area contributed by atoms with Gasteiger partial charge in [0.25, 0.3) is 5.91 Å². The number of pyridine rings is 1. The zero-order valence-corrected chi connectivity index (χ0v) is 21.6. The minimum absolute atomic E-state index is 0.126. The number of hydrogen-bond acceptors (Lipinski definition) is 9. The summed E-state index contributed by atoms with van der Waals surface area (Å²) >= 11 is 0. The van der Waals surface area contributed by atoms with E-state index < -0.39 is 0 Å². The van der Waals surface area contributed by atoms with Crippen molar-refractivity contribution < 1.29 is 14.2 Å². The lowest BCUT2D eigenvalue weighted by atomic mass is 10.2. The van der Waals surface area contributed by atoms with E-state index in [1.165, 1.54) is 0 Å². The van der Waals surface area contributed by atoms with Gasteiger partial charge < -0.3 is 20.7 Å². The monoisotopic (exact) mass is 532 g/mol. The van der Waals surface area contributed by atoms with Crippen molar-refractivity contribution in [3.8, 4) is 28.8 Å². The van der Waals surface area contributed by atoms with Crippen molar-refractivity contribution in [2.45, 2.75) is 0 Å². The van der Waals surface area contributed by atoms with Gasteiger partial charge in [-0.1, -0.05) is 24.3 Å². The van der Waals surface area contributed by atoms with E-state index in [-0.39, 0.29) is 11.7 Å². The zero-order chi connectivity index (χ0) is 27.6. The minimum Gasteiger partial charge on any atom is -0.439 e. The van der Waals surface area contributed by atoms with Crippen molar-refractivity contribution in [3.63, 3.8) is 0 Å². The van der Waals surface area contributed by atoms with Gasteiger partial charge in [-0.25, -0.2) is 14.6 Å². The maximum atomic E-state index is 12.9. The van der Waals surface area contributed by atoms with Crippen LogP contribution in [0.15, 0.2) is 95.8 Å². The van der Waals surface area contributed by atoms with Gasteiger partial charge in [-0.3, -0.25) is 9.36 Å². The molecule has 3 aromatic carbocycles. The number of carbonyl (C=O) groups is 1. The Labute approximate surface area is 228 Å². The summed E-state index contributed by atoms with van der Waals surface area (Å²) in [5.74, 6) is 1.10. The highest BCUT2D eigenvalue weighted by molar-refractivity contribution is 6.04. The first-order valence-electron chi connectivity index (χ1n) is 12.4. The van der Waals surface area contributed by atoms with Crippen molar-refractivity contribution in [3.05, 3.63) is 96.7 Å². The highest BCUT2D eigenvalue weighted by Crippen LogP contribution is 2.32. The fourth-order valence-corrected chi connectivity index (χ4v) is 4.23. The predicted octanol–water partition coefficient (Wildman–Crippen LogP) is 5.16. The van der Waals surface area contributed by atoms with E-state index in [4.69, 9.17) is 15.1 Å². The molecule has 0 fully saturated rings. The number of nitrogen functional groups attached to an aromatic ring is 1. The Balaban J connectivity index is 1.30. The Morgan fingerprint density at radius 3 is 2.50 bits per heavy atom. The SMILES string of the molecule is CN(C)c1ccc(NC(=O)c2cccc(Oc3cc4c(cn3)nc(-c3nonc3N)n4-c3ccccc3)c2)cc1. The maximum absolute atomic E-state index is 12.9. The van der Waals surface area contributed by atoms with Crippen LogP contribution in [-0.4, -0.2) is 44.9 Å². The fourth-order valence-electron chi connectivity index (χ4n) is 4.23. The summed E-state index contributed by atoms with van der Waals surface area (Å²) in [6.07, 6.45) is 1.60. The molecule has 6 rings (SSSR count). The van der Waals surface area contributed by atoms with Crippen molar-refractivity contribution in [1.82, 2.24) is 24.8 Å². The molecule has 0 radical (unpaired) electrons. The van der Waals surface area contributed by atoms with Gasteiger partial charge in [0, 0.05) is 42.8 Å². The molecule has 3 heterocycles. The number of anilines is 3. The molecule has 40 heavy (non-hydrogen) atoms. The van der Waals surface area contributed by atoms with Gasteiger partial charge >= 0.3 is 0 Å². The van der Waals surface area contributed by atoms with E-state index in [1.807, 2.05) is 78.2 Å². The second-order valence-electron chi connectivity index (χ2n) is 9.14. The van der Waals surface area contributed by atoms with Crippen LogP contribution in [0.25, 0.3) is 28.2 Å². The number of rotatable bonds is 7. The quantitative estimate of drug-likeness (QED) is 0.285. The number of nitrogens with zero attached hydrogens (tertiary/aromatic N) is 6. The number of nitrogens with one attached hydrogen (secondary N) is 1. The first kappa shape index (κ1) is 24.6. The molecule has 0 aliphatic carbocycles. The van der Waals surface area contributed by atoms with Crippen molar-refractivity contribution >= 4 is 34.1 Å². The Morgan fingerprint density at radius 2 is 1.77 bits per heavy atom. The first-order valence-corrected chi connectivity index (χ1v) is 12.4. The predicted molar refractivity (Wildman–Crippen MR) is 152 cm³/mol. The van der Waals surface area contributed by atoms with Gasteiger partial charge in [0.15, 0.2) is 17.3 Å². The number of nitrogens with two attached hydrogens (primary N) is 1. The van der Waals surface area contributed by atoms with Crippen LogP contribution in [-0.2, 0) is 0 Å². The summed E-state index contributed by atoms with van der Waals surface area (Å²) in [6.45, 7) is 0. The van der Waals surface area contributed by atoms with Crippen LogP contribution in [0.4, 0.5) is 17.2 Å². The number of benzene rings is 3. The third-order valence-corrected chi connectivity index (χ3v) is 6.22. The lowest BCUT2D eigenvalue weighted by molar-refractivity contribution is 0.102. The maximum Gasteiger partial charge on any atom is 0.255 e. The topological polar surface area (TPSA) is 137 Å². The molecule has 198 valence electrons. The molecule has 0 saturated carbocycles. The molecule has 1 amide bonds. The van der Waals surface area contributed by atoms with Gasteiger partial charge in [0.2, 0.25) is 5.88 Å². The van der Waals surface area contributed by atoms with Crippen LogP contribution in [0.1, 0.15) is 10.4 Å². The number of hydrogen-bond donors (Lipinski definition) is 2. The van der Waals surface area contributed by atoms with Crippen LogP contribution in [0.2, 0.25) is 0 Å². The van der Waals surface area contributed by atoms with Crippen molar-refractivity contribution in [2.75, 3.05) is 30.0 Å². The van der Waals surface area contributed by atoms with Gasteiger partial charge in [-0.2, -0.15) is 0 Å². The number of amides is 1. The van der Waals surface area contributed by atoms with E-state index in [9.17, 15) is 4.79 Å². The molecular weight excluding hydrogens is 508 g/mol. The molecule has 0 spiro atoms. The number of imidazole rings is 1. The minimum atomic E-state index is -0.253. The third-order valence-electron chi connectivity index (χ3n) is 6.22. The first-order chi connectivity index (χ1) is 19.5. The molecule has 11 heteroatoms. The molecular formula is C29H24N8O3. The Morgan fingerprint density at radius 1 is 0.975 bits per heavy atom. The smallest absolute Gasteiger partial charge is 0.255 e. The third kappa shape index (κ3) is 4.78. The van der Waals surface area contributed by atoms with E-state index in [0.717, 1.165) is 11.4 Å². The van der Waals surface area contributed by atoms with E-state index >= 15 is 0 Å². The van der Waals surface area contributed by atoms with Crippen LogP contribution < -0.4 is 20.7 Å². The fraction of sp³-hybridized carbons (Fsp3) is 0.0690. The lowest BCUT2D eigenvalue weighted by Crippen LogP contribution is -2.12. The summed E-state index contributed by atoms with van der Waals surface area (Å²) < 4.78 is 12.8. The number of fused-ring (bicyclic) bond motifs is 1. The normalized spacial score (nSPS) is 10.9. The average molecular weight is 533 g/mol. The molecule has 0 atom stereocenters. The number of para-hydroxylation sites is 1. The van der Waals surface area contributed by atoms with E-state index in [0.29, 0.717) is 45.4 Å². The van der Waals surface area contributed by atoms with Crippen LogP contribution in [0.5, 0.6) is 11.6 Å². The summed E-state index contributed by atoms with van der Waals surface area (Å²) in [5, 5.41) is 10.6. The summed E-state index contributed by atoms with van der Waals surface area (Å²) in [4.78, 5) is 24.0. The second kappa shape index (κ2) is 10.2. The highest BCUT2D eigenvalue weighted by Gasteiger charge is 2.21. The largest absolute Gasteiger partial charge is 0.439 e. The average Bonchev–Trinajstić information content (AvgIpc) is 3.56. The summed E-state index contributed by atoms with van der Waals surface area (Å²) in [7, 11) is 3.92. The molecule has 0 aliphatic rings. The number of aromatic nitrogens is 5. The Hall–Kier alpha value is -5.71. The zero-order valence-electron chi connectivity index (χ0n) is 21.6. The standard InChI is InChI=1S/C29H24N8O3/c1-36(2)20-13-11-19(12-14-20)32-29(38)18-7-6-10-22(15-18)39-25-16-24-23(17-31-25)33-28(26-27(30)35-40-34-26)37(24)21-8-4-3-5-9-21/h3-17H,1-2H3,(H2,30,35)(H,32,38). The van der Waals surface area contributed by atoms with Gasteiger partial charge in [0.05, 0.1) is 11.7 Å². The Bertz CT molecular complexity index is 1810. The number of ether oxygens (including phenoxy) is 1. The lowest BCUT2D eigenvalue weighted by Gasteiger charge is -2.13. The van der Waals surface area contributed by atoms with Crippen LogP contribution >= 0.6 is 0 Å². The summed E-state index contributed by atoms with van der Waals surface area (Å²) in [5.41, 5.74) is 10.6. The van der Waals surface area contributed by atoms with Crippen molar-refractivity contribution in [1.29, 1.82) is 0 Å². The molecule has 0 bridgehead atoms. The molecule has 3 N–H and O–H groups in total.